The Balaban J connectivity index is 2.13. The first-order valence-electron chi connectivity index (χ1n) is 7.74. The maximum absolute atomic E-state index is 3.46. The van der Waals surface area contributed by atoms with E-state index in [1.807, 2.05) is 11.3 Å². The molecule has 0 fully saturated rings. The lowest BCUT2D eigenvalue weighted by molar-refractivity contribution is 0.598. The van der Waals surface area contributed by atoms with E-state index < -0.39 is 0 Å². The van der Waals surface area contributed by atoms with Crippen molar-refractivity contribution in [3.8, 4) is 0 Å². The highest BCUT2D eigenvalue weighted by atomic mass is 32.1. The minimum absolute atomic E-state index is 0.411. The van der Waals surface area contributed by atoms with E-state index in [4.69, 9.17) is 0 Å². The summed E-state index contributed by atoms with van der Waals surface area (Å²) in [6.45, 7) is 10.8. The first-order valence-corrected chi connectivity index (χ1v) is 8.62. The molecular formula is C18H26N2S. The van der Waals surface area contributed by atoms with Crippen LogP contribution in [0.2, 0.25) is 0 Å². The molecule has 2 rings (SSSR count). The normalized spacial score (nSPS) is 12.6. The maximum Gasteiger partial charge on any atom is 0.0525 e. The predicted molar refractivity (Wildman–Crippen MR) is 94.2 cm³/mol. The molecule has 114 valence electrons. The average molecular weight is 302 g/mol. The zero-order valence-corrected chi connectivity index (χ0v) is 14.3. The summed E-state index contributed by atoms with van der Waals surface area (Å²) >= 11 is 1.83. The van der Waals surface area contributed by atoms with Gasteiger partial charge in [-0.2, -0.15) is 0 Å². The Labute approximate surface area is 132 Å². The third-order valence-corrected chi connectivity index (χ3v) is 4.63. The topological polar surface area (TPSA) is 15.3 Å². The van der Waals surface area contributed by atoms with Gasteiger partial charge in [0.05, 0.1) is 6.54 Å². The molecule has 0 spiro atoms. The molecule has 1 unspecified atom stereocenters. The van der Waals surface area contributed by atoms with Crippen LogP contribution in [-0.4, -0.2) is 12.6 Å². The minimum Gasteiger partial charge on any atom is -0.364 e. The Morgan fingerprint density at radius 1 is 1.10 bits per heavy atom. The van der Waals surface area contributed by atoms with Crippen molar-refractivity contribution in [1.29, 1.82) is 0 Å². The van der Waals surface area contributed by atoms with E-state index in [1.165, 1.54) is 16.1 Å². The number of rotatable bonds is 7. The second kappa shape index (κ2) is 7.62. The highest BCUT2D eigenvalue weighted by molar-refractivity contribution is 7.09. The van der Waals surface area contributed by atoms with Crippen LogP contribution in [0.25, 0.3) is 0 Å². The first-order chi connectivity index (χ1) is 10.1. The van der Waals surface area contributed by atoms with Gasteiger partial charge in [-0.05, 0) is 56.5 Å². The lowest BCUT2D eigenvalue weighted by atomic mass is 10.1. The third kappa shape index (κ3) is 4.32. The number of hydrogen-bond donors (Lipinski definition) is 1. The van der Waals surface area contributed by atoms with Crippen LogP contribution in [0.1, 0.15) is 44.2 Å². The van der Waals surface area contributed by atoms with Crippen molar-refractivity contribution in [3.63, 3.8) is 0 Å². The zero-order chi connectivity index (χ0) is 15.2. The molecule has 1 atom stereocenters. The van der Waals surface area contributed by atoms with E-state index in [2.05, 4.69) is 79.7 Å². The van der Waals surface area contributed by atoms with Gasteiger partial charge in [-0.25, -0.2) is 0 Å². The summed E-state index contributed by atoms with van der Waals surface area (Å²) in [6, 6.07) is 14.2. The van der Waals surface area contributed by atoms with Gasteiger partial charge in [0.2, 0.25) is 0 Å². The highest BCUT2D eigenvalue weighted by Gasteiger charge is 2.12. The van der Waals surface area contributed by atoms with Crippen molar-refractivity contribution in [2.45, 2.75) is 46.3 Å². The average Bonchev–Trinajstić information content (AvgIpc) is 2.98. The quantitative estimate of drug-likeness (QED) is 0.788. The molecule has 0 aliphatic heterocycles. The highest BCUT2D eigenvalue weighted by Crippen LogP contribution is 2.24. The monoisotopic (exact) mass is 302 g/mol. The molecule has 1 N–H and O–H groups in total. The maximum atomic E-state index is 3.46. The summed E-state index contributed by atoms with van der Waals surface area (Å²) in [4.78, 5) is 3.86. The lowest BCUT2D eigenvalue weighted by Crippen LogP contribution is -2.29. The fourth-order valence-electron chi connectivity index (χ4n) is 2.52. The van der Waals surface area contributed by atoms with Gasteiger partial charge in [0, 0.05) is 22.6 Å². The zero-order valence-electron chi connectivity index (χ0n) is 13.5. The Kier molecular flexibility index (Phi) is 5.83. The number of hydrogen-bond acceptors (Lipinski definition) is 3. The van der Waals surface area contributed by atoms with E-state index in [1.54, 1.807) is 0 Å². The molecule has 0 radical (unpaired) electrons. The Hall–Kier alpha value is -1.32. The first kappa shape index (κ1) is 16.1. The van der Waals surface area contributed by atoms with Gasteiger partial charge in [-0.3, -0.25) is 0 Å². The largest absolute Gasteiger partial charge is 0.364 e. The fraction of sp³-hybridized carbons (Fsp3) is 0.444. The summed E-state index contributed by atoms with van der Waals surface area (Å²) in [5.74, 6) is 0. The van der Waals surface area contributed by atoms with Crippen LogP contribution < -0.4 is 10.2 Å². The van der Waals surface area contributed by atoms with Crippen LogP contribution in [0.15, 0.2) is 41.8 Å². The van der Waals surface area contributed by atoms with Gasteiger partial charge < -0.3 is 10.2 Å². The molecule has 3 heteroatoms. The molecule has 2 aromatic rings. The van der Waals surface area contributed by atoms with Crippen molar-refractivity contribution >= 4 is 17.0 Å². The SMILES string of the molecule is CCNC(C)c1ccc(N(Cc2cccs2)C(C)C)cc1. The van der Waals surface area contributed by atoms with Crippen LogP contribution in [0.4, 0.5) is 5.69 Å². The molecule has 0 saturated heterocycles. The van der Waals surface area contributed by atoms with Gasteiger partial charge in [0.1, 0.15) is 0 Å². The molecule has 21 heavy (non-hydrogen) atoms. The summed E-state index contributed by atoms with van der Waals surface area (Å²) < 4.78 is 0. The van der Waals surface area contributed by atoms with E-state index >= 15 is 0 Å². The molecule has 1 aromatic carbocycles. The molecule has 0 aliphatic rings. The van der Waals surface area contributed by atoms with Crippen molar-refractivity contribution in [1.82, 2.24) is 5.32 Å². The van der Waals surface area contributed by atoms with Crippen LogP contribution in [0.5, 0.6) is 0 Å². The summed E-state index contributed by atoms with van der Waals surface area (Å²) in [5.41, 5.74) is 2.64. The number of benzene rings is 1. The molecule has 1 aromatic heterocycles. The number of thiophene rings is 1. The number of anilines is 1. The van der Waals surface area contributed by atoms with Gasteiger partial charge in [-0.1, -0.05) is 25.1 Å². The summed E-state index contributed by atoms with van der Waals surface area (Å²) in [6.07, 6.45) is 0. The van der Waals surface area contributed by atoms with Crippen molar-refractivity contribution in [3.05, 3.63) is 52.2 Å². The lowest BCUT2D eigenvalue weighted by Gasteiger charge is -2.29. The summed E-state index contributed by atoms with van der Waals surface area (Å²) in [5, 5.41) is 5.61. The van der Waals surface area contributed by atoms with E-state index in [0.29, 0.717) is 12.1 Å². The Bertz CT molecular complexity index is 517. The van der Waals surface area contributed by atoms with Crippen LogP contribution in [0.3, 0.4) is 0 Å². The molecule has 1 heterocycles. The predicted octanol–water partition coefficient (Wildman–Crippen LogP) is 4.83. The number of nitrogens with zero attached hydrogens (tertiary/aromatic N) is 1. The van der Waals surface area contributed by atoms with Crippen molar-refractivity contribution < 1.29 is 0 Å². The van der Waals surface area contributed by atoms with Gasteiger partial charge in [0.25, 0.3) is 0 Å². The molecule has 0 saturated carbocycles. The Morgan fingerprint density at radius 2 is 1.81 bits per heavy atom. The minimum atomic E-state index is 0.411. The molecule has 0 aliphatic carbocycles. The molecular weight excluding hydrogens is 276 g/mol. The molecule has 0 bridgehead atoms. The fourth-order valence-corrected chi connectivity index (χ4v) is 3.22. The molecule has 0 amide bonds. The summed E-state index contributed by atoms with van der Waals surface area (Å²) in [7, 11) is 0. The Morgan fingerprint density at radius 3 is 2.33 bits per heavy atom. The van der Waals surface area contributed by atoms with Crippen LogP contribution in [0, 0.1) is 0 Å². The second-order valence-corrected chi connectivity index (χ2v) is 6.70. The number of nitrogens with one attached hydrogen (secondary N) is 1. The van der Waals surface area contributed by atoms with E-state index in [-0.39, 0.29) is 0 Å². The van der Waals surface area contributed by atoms with Crippen molar-refractivity contribution in [2.24, 2.45) is 0 Å². The van der Waals surface area contributed by atoms with Crippen LogP contribution >= 0.6 is 11.3 Å². The van der Waals surface area contributed by atoms with Gasteiger partial charge in [-0.15, -0.1) is 11.3 Å². The third-order valence-electron chi connectivity index (χ3n) is 3.76. The van der Waals surface area contributed by atoms with Gasteiger partial charge in [0.15, 0.2) is 0 Å². The van der Waals surface area contributed by atoms with E-state index in [9.17, 15) is 0 Å². The second-order valence-electron chi connectivity index (χ2n) is 5.67. The van der Waals surface area contributed by atoms with E-state index in [0.717, 1.165) is 13.1 Å². The smallest absolute Gasteiger partial charge is 0.0525 e. The van der Waals surface area contributed by atoms with Crippen LogP contribution in [-0.2, 0) is 6.54 Å². The standard InChI is InChI=1S/C18H26N2S/c1-5-19-15(4)16-8-10-17(11-9-16)20(14(2)3)13-18-7-6-12-21-18/h6-12,14-15,19H,5,13H2,1-4H3. The van der Waals surface area contributed by atoms with Gasteiger partial charge >= 0.3 is 0 Å². The van der Waals surface area contributed by atoms with Crippen molar-refractivity contribution in [2.75, 3.05) is 11.4 Å². The molecule has 2 nitrogen and oxygen atoms in total.